The van der Waals surface area contributed by atoms with Crippen molar-refractivity contribution in [2.45, 2.75) is 30.7 Å². The van der Waals surface area contributed by atoms with Crippen molar-refractivity contribution in [3.05, 3.63) is 60.2 Å². The monoisotopic (exact) mass is 401 g/mol. The minimum Gasteiger partial charge on any atom is -0.373 e. The third kappa shape index (κ3) is 4.54. The van der Waals surface area contributed by atoms with E-state index in [-0.39, 0.29) is 10.8 Å². The molecule has 6 nitrogen and oxygen atoms in total. The zero-order chi connectivity index (χ0) is 20.1. The standard InChI is InChI=1S/C21H27N3O3S/c1-17-10-12-19(13-11-17)28(26,27)24-15-6-9-20(24)21(25)22-14-16-23(2)18-7-4-3-5-8-18/h3-5,7-8,10-13,20H,6,9,14-16H2,1-2H3,(H,22,25)/t20-/m0/s1. The Labute approximate surface area is 167 Å². The Bertz CT molecular complexity index is 898. The number of carbonyl (C=O) groups excluding carboxylic acids is 1. The number of nitrogens with one attached hydrogen (secondary N) is 1. The van der Waals surface area contributed by atoms with Crippen LogP contribution in [0.25, 0.3) is 0 Å². The van der Waals surface area contributed by atoms with Gasteiger partial charge in [0.15, 0.2) is 0 Å². The van der Waals surface area contributed by atoms with Gasteiger partial charge in [-0.2, -0.15) is 4.31 Å². The molecule has 1 aliphatic rings. The van der Waals surface area contributed by atoms with Gasteiger partial charge in [0, 0.05) is 32.4 Å². The van der Waals surface area contributed by atoms with Crippen LogP contribution in [0, 0.1) is 6.92 Å². The van der Waals surface area contributed by atoms with Crippen molar-refractivity contribution in [1.82, 2.24) is 9.62 Å². The number of benzene rings is 2. The maximum atomic E-state index is 13.0. The zero-order valence-electron chi connectivity index (χ0n) is 16.3. The highest BCUT2D eigenvalue weighted by atomic mass is 32.2. The van der Waals surface area contributed by atoms with Gasteiger partial charge < -0.3 is 10.2 Å². The van der Waals surface area contributed by atoms with Crippen LogP contribution in [0.1, 0.15) is 18.4 Å². The lowest BCUT2D eigenvalue weighted by atomic mass is 10.2. The molecule has 1 amide bonds. The van der Waals surface area contributed by atoms with Gasteiger partial charge in [0.05, 0.1) is 4.90 Å². The first-order valence-electron chi connectivity index (χ1n) is 9.52. The SMILES string of the molecule is Cc1ccc(S(=O)(=O)N2CCC[C@H]2C(=O)NCCN(C)c2ccccc2)cc1. The fourth-order valence-electron chi connectivity index (χ4n) is 3.41. The van der Waals surface area contributed by atoms with E-state index < -0.39 is 16.1 Å². The molecular formula is C21H27N3O3S. The normalized spacial score (nSPS) is 17.4. The van der Waals surface area contributed by atoms with Crippen molar-refractivity contribution in [3.8, 4) is 0 Å². The number of nitrogens with zero attached hydrogens (tertiary/aromatic N) is 2. The van der Waals surface area contributed by atoms with Crippen molar-refractivity contribution in [2.24, 2.45) is 0 Å². The van der Waals surface area contributed by atoms with Gasteiger partial charge in [-0.25, -0.2) is 8.42 Å². The zero-order valence-corrected chi connectivity index (χ0v) is 17.2. The van der Waals surface area contributed by atoms with Crippen LogP contribution in [0.4, 0.5) is 5.69 Å². The Kier molecular flexibility index (Phi) is 6.36. The Hall–Kier alpha value is -2.38. The highest BCUT2D eigenvalue weighted by molar-refractivity contribution is 7.89. The van der Waals surface area contributed by atoms with Crippen LogP contribution in [0.15, 0.2) is 59.5 Å². The average Bonchev–Trinajstić information content (AvgIpc) is 3.20. The summed E-state index contributed by atoms with van der Waals surface area (Å²) in [6.45, 7) is 3.39. The highest BCUT2D eigenvalue weighted by Gasteiger charge is 2.39. The molecule has 0 saturated carbocycles. The molecule has 28 heavy (non-hydrogen) atoms. The number of rotatable bonds is 7. The molecule has 1 saturated heterocycles. The summed E-state index contributed by atoms with van der Waals surface area (Å²) in [5.41, 5.74) is 2.07. The van der Waals surface area contributed by atoms with Gasteiger partial charge in [0.1, 0.15) is 6.04 Å². The summed E-state index contributed by atoms with van der Waals surface area (Å²) in [6, 6.07) is 16.0. The molecular weight excluding hydrogens is 374 g/mol. The number of amides is 1. The number of aryl methyl sites for hydroxylation is 1. The molecule has 1 aliphatic heterocycles. The van der Waals surface area contributed by atoms with Crippen LogP contribution in [-0.4, -0.2) is 51.4 Å². The molecule has 0 bridgehead atoms. The van der Waals surface area contributed by atoms with E-state index in [4.69, 9.17) is 0 Å². The smallest absolute Gasteiger partial charge is 0.243 e. The molecule has 1 heterocycles. The Morgan fingerprint density at radius 1 is 1.14 bits per heavy atom. The summed E-state index contributed by atoms with van der Waals surface area (Å²) in [6.07, 6.45) is 1.23. The van der Waals surface area contributed by atoms with Gasteiger partial charge in [0.2, 0.25) is 15.9 Å². The number of hydrogen-bond donors (Lipinski definition) is 1. The third-order valence-corrected chi connectivity index (χ3v) is 7.00. The van der Waals surface area contributed by atoms with Gasteiger partial charge in [-0.05, 0) is 44.0 Å². The van der Waals surface area contributed by atoms with E-state index in [9.17, 15) is 13.2 Å². The van der Waals surface area contributed by atoms with Gasteiger partial charge in [-0.3, -0.25) is 4.79 Å². The summed E-state index contributed by atoms with van der Waals surface area (Å²) in [7, 11) is -1.71. The van der Waals surface area contributed by atoms with Crippen molar-refractivity contribution >= 4 is 21.6 Å². The van der Waals surface area contributed by atoms with E-state index in [1.54, 1.807) is 24.3 Å². The summed E-state index contributed by atoms with van der Waals surface area (Å²) < 4.78 is 27.3. The van der Waals surface area contributed by atoms with E-state index in [0.717, 1.165) is 11.3 Å². The van der Waals surface area contributed by atoms with Gasteiger partial charge in [-0.1, -0.05) is 35.9 Å². The maximum Gasteiger partial charge on any atom is 0.243 e. The first-order chi connectivity index (χ1) is 13.4. The van der Waals surface area contributed by atoms with E-state index in [0.29, 0.717) is 32.5 Å². The van der Waals surface area contributed by atoms with Crippen LogP contribution >= 0.6 is 0 Å². The van der Waals surface area contributed by atoms with E-state index in [1.807, 2.05) is 44.3 Å². The first kappa shape index (κ1) is 20.4. The van der Waals surface area contributed by atoms with E-state index >= 15 is 0 Å². The number of carbonyl (C=O) groups is 1. The fourth-order valence-corrected chi connectivity index (χ4v) is 5.07. The second-order valence-electron chi connectivity index (χ2n) is 7.13. The maximum absolute atomic E-state index is 13.0. The lowest BCUT2D eigenvalue weighted by molar-refractivity contribution is -0.124. The predicted molar refractivity (Wildman–Crippen MR) is 111 cm³/mol. The van der Waals surface area contributed by atoms with Gasteiger partial charge in [0.25, 0.3) is 0 Å². The Balaban J connectivity index is 1.60. The molecule has 150 valence electrons. The lowest BCUT2D eigenvalue weighted by Gasteiger charge is -2.24. The second kappa shape index (κ2) is 8.75. The molecule has 7 heteroatoms. The quantitative estimate of drug-likeness (QED) is 0.774. The molecule has 0 spiro atoms. The van der Waals surface area contributed by atoms with Gasteiger partial charge in [-0.15, -0.1) is 0 Å². The largest absolute Gasteiger partial charge is 0.373 e. The Morgan fingerprint density at radius 3 is 2.50 bits per heavy atom. The highest BCUT2D eigenvalue weighted by Crippen LogP contribution is 2.26. The fraction of sp³-hybridized carbons (Fsp3) is 0.381. The van der Waals surface area contributed by atoms with Crippen molar-refractivity contribution in [2.75, 3.05) is 31.6 Å². The predicted octanol–water partition coefficient (Wildman–Crippen LogP) is 2.40. The summed E-state index contributed by atoms with van der Waals surface area (Å²) in [4.78, 5) is 15.0. The number of hydrogen-bond acceptors (Lipinski definition) is 4. The summed E-state index contributed by atoms with van der Waals surface area (Å²) in [5, 5.41) is 2.90. The number of para-hydroxylation sites is 1. The van der Waals surface area contributed by atoms with Crippen molar-refractivity contribution in [3.63, 3.8) is 0 Å². The number of anilines is 1. The Morgan fingerprint density at radius 2 is 1.82 bits per heavy atom. The lowest BCUT2D eigenvalue weighted by Crippen LogP contribution is -2.47. The van der Waals surface area contributed by atoms with E-state index in [2.05, 4.69) is 10.2 Å². The molecule has 1 fully saturated rings. The third-order valence-electron chi connectivity index (χ3n) is 5.08. The van der Waals surface area contributed by atoms with Crippen LogP contribution in [0.2, 0.25) is 0 Å². The molecule has 0 unspecified atom stereocenters. The molecule has 1 N–H and O–H groups in total. The second-order valence-corrected chi connectivity index (χ2v) is 9.03. The van der Waals surface area contributed by atoms with Gasteiger partial charge >= 0.3 is 0 Å². The first-order valence-corrected chi connectivity index (χ1v) is 11.0. The molecule has 2 aromatic carbocycles. The minimum absolute atomic E-state index is 0.227. The number of sulfonamides is 1. The molecule has 3 rings (SSSR count). The molecule has 1 atom stereocenters. The van der Waals surface area contributed by atoms with E-state index in [1.165, 1.54) is 4.31 Å². The minimum atomic E-state index is -3.67. The van der Waals surface area contributed by atoms with Crippen LogP contribution in [0.5, 0.6) is 0 Å². The number of likely N-dealkylation sites (N-methyl/N-ethyl adjacent to an activating group) is 1. The molecule has 2 aromatic rings. The van der Waals surface area contributed by atoms with Crippen molar-refractivity contribution < 1.29 is 13.2 Å². The van der Waals surface area contributed by atoms with Crippen molar-refractivity contribution in [1.29, 1.82) is 0 Å². The summed E-state index contributed by atoms with van der Waals surface area (Å²) >= 11 is 0. The topological polar surface area (TPSA) is 69.7 Å². The molecule has 0 radical (unpaired) electrons. The average molecular weight is 402 g/mol. The van der Waals surface area contributed by atoms with Crippen LogP contribution in [-0.2, 0) is 14.8 Å². The van der Waals surface area contributed by atoms with Crippen LogP contribution < -0.4 is 10.2 Å². The summed E-state index contributed by atoms with van der Waals surface area (Å²) in [5.74, 6) is -0.227. The van der Waals surface area contributed by atoms with Crippen LogP contribution in [0.3, 0.4) is 0 Å². The molecule has 0 aliphatic carbocycles. The molecule has 0 aromatic heterocycles.